The normalized spacial score (nSPS) is 10.4. The molecule has 7 heteroatoms. The highest BCUT2D eigenvalue weighted by atomic mass is 32.1. The quantitative estimate of drug-likeness (QED) is 0.562. The Morgan fingerprint density at radius 1 is 1.14 bits per heavy atom. The lowest BCUT2D eigenvalue weighted by Gasteiger charge is -2.08. The first kappa shape index (κ1) is 20.5. The summed E-state index contributed by atoms with van der Waals surface area (Å²) in [6.45, 7) is 1.63. The van der Waals surface area contributed by atoms with E-state index in [4.69, 9.17) is 9.47 Å². The van der Waals surface area contributed by atoms with Crippen LogP contribution >= 0.6 is 11.3 Å². The molecule has 6 nitrogen and oxygen atoms in total. The van der Waals surface area contributed by atoms with Crippen molar-refractivity contribution < 1.29 is 19.1 Å². The molecule has 0 aliphatic carbocycles. The summed E-state index contributed by atoms with van der Waals surface area (Å²) in [5, 5.41) is 5.70. The minimum atomic E-state index is -0.414. The number of hydrogen-bond donors (Lipinski definition) is 1. The third-order valence-corrected chi connectivity index (χ3v) is 4.98. The zero-order chi connectivity index (χ0) is 20.6. The molecule has 2 aromatic carbocycles. The van der Waals surface area contributed by atoms with Gasteiger partial charge in [-0.2, -0.15) is 0 Å². The number of benzene rings is 2. The largest absolute Gasteiger partial charge is 0.497 e. The maximum atomic E-state index is 12.1. The average Bonchev–Trinajstić information content (AvgIpc) is 3.17. The Morgan fingerprint density at radius 3 is 2.62 bits per heavy atom. The van der Waals surface area contributed by atoms with E-state index in [-0.39, 0.29) is 18.9 Å². The van der Waals surface area contributed by atoms with E-state index in [0.717, 1.165) is 27.6 Å². The standard InChI is InChI=1S/C22H22N2O4S/c1-15-23-20(14-29-15)17-4-3-5-18(12-17)24-21(25)13-28-22(26)11-8-16-6-9-19(27-2)10-7-16/h3-7,9-10,12,14H,8,11,13H2,1-2H3,(H,24,25). The number of aryl methyl sites for hydroxylation is 2. The van der Waals surface area contributed by atoms with Gasteiger partial charge in [-0.25, -0.2) is 4.98 Å². The van der Waals surface area contributed by atoms with Gasteiger partial charge in [0.1, 0.15) is 5.75 Å². The lowest BCUT2D eigenvalue weighted by atomic mass is 10.1. The van der Waals surface area contributed by atoms with Gasteiger partial charge >= 0.3 is 5.97 Å². The zero-order valence-electron chi connectivity index (χ0n) is 16.3. The second-order valence-electron chi connectivity index (χ2n) is 6.39. The van der Waals surface area contributed by atoms with Gasteiger partial charge in [0.15, 0.2) is 6.61 Å². The van der Waals surface area contributed by atoms with Crippen molar-refractivity contribution in [2.45, 2.75) is 19.8 Å². The first-order chi connectivity index (χ1) is 14.0. The Labute approximate surface area is 173 Å². The molecule has 29 heavy (non-hydrogen) atoms. The van der Waals surface area contributed by atoms with Crippen molar-refractivity contribution in [1.29, 1.82) is 0 Å². The molecule has 0 aliphatic rings. The summed E-state index contributed by atoms with van der Waals surface area (Å²) >= 11 is 1.57. The van der Waals surface area contributed by atoms with Crippen LogP contribution in [0.5, 0.6) is 5.75 Å². The van der Waals surface area contributed by atoms with Crippen LogP contribution in [0.4, 0.5) is 5.69 Å². The second-order valence-corrected chi connectivity index (χ2v) is 7.45. The van der Waals surface area contributed by atoms with Gasteiger partial charge in [-0.15, -0.1) is 11.3 Å². The Morgan fingerprint density at radius 2 is 1.93 bits per heavy atom. The van der Waals surface area contributed by atoms with Crippen LogP contribution in [-0.4, -0.2) is 30.6 Å². The lowest BCUT2D eigenvalue weighted by molar-refractivity contribution is -0.147. The highest BCUT2D eigenvalue weighted by Crippen LogP contribution is 2.24. The van der Waals surface area contributed by atoms with Crippen molar-refractivity contribution in [3.05, 3.63) is 64.5 Å². The van der Waals surface area contributed by atoms with E-state index in [9.17, 15) is 9.59 Å². The fourth-order valence-electron chi connectivity index (χ4n) is 2.71. The van der Waals surface area contributed by atoms with E-state index in [0.29, 0.717) is 12.1 Å². The number of amides is 1. The number of hydrogen-bond acceptors (Lipinski definition) is 6. The Bertz CT molecular complexity index is 982. The Kier molecular flexibility index (Phi) is 6.97. The van der Waals surface area contributed by atoms with Gasteiger partial charge in [-0.05, 0) is 43.2 Å². The highest BCUT2D eigenvalue weighted by molar-refractivity contribution is 7.09. The summed E-state index contributed by atoms with van der Waals surface area (Å²) in [6, 6.07) is 14.9. The van der Waals surface area contributed by atoms with Gasteiger partial charge in [0, 0.05) is 23.1 Å². The van der Waals surface area contributed by atoms with Crippen molar-refractivity contribution in [1.82, 2.24) is 4.98 Å². The smallest absolute Gasteiger partial charge is 0.306 e. The SMILES string of the molecule is COc1ccc(CCC(=O)OCC(=O)Nc2cccc(-c3csc(C)n3)c2)cc1. The number of nitrogens with one attached hydrogen (secondary N) is 1. The highest BCUT2D eigenvalue weighted by Gasteiger charge is 2.10. The Balaban J connectivity index is 1.45. The number of carbonyl (C=O) groups is 2. The number of aromatic nitrogens is 1. The molecular formula is C22H22N2O4S. The fraction of sp³-hybridized carbons (Fsp3) is 0.227. The number of esters is 1. The van der Waals surface area contributed by atoms with Crippen LogP contribution in [0.15, 0.2) is 53.9 Å². The topological polar surface area (TPSA) is 77.5 Å². The zero-order valence-corrected chi connectivity index (χ0v) is 17.1. The van der Waals surface area contributed by atoms with Gasteiger partial charge < -0.3 is 14.8 Å². The predicted molar refractivity (Wildman–Crippen MR) is 113 cm³/mol. The summed E-state index contributed by atoms with van der Waals surface area (Å²) in [4.78, 5) is 28.4. The molecule has 0 saturated heterocycles. The van der Waals surface area contributed by atoms with Crippen LogP contribution in [0, 0.1) is 6.92 Å². The van der Waals surface area contributed by atoms with E-state index in [1.54, 1.807) is 24.5 Å². The number of rotatable bonds is 8. The summed E-state index contributed by atoms with van der Waals surface area (Å²) < 4.78 is 10.2. The molecule has 0 unspecified atom stereocenters. The molecule has 0 radical (unpaired) electrons. The summed E-state index contributed by atoms with van der Waals surface area (Å²) in [6.07, 6.45) is 0.748. The predicted octanol–water partition coefficient (Wildman–Crippen LogP) is 4.24. The van der Waals surface area contributed by atoms with Crippen LogP contribution in [-0.2, 0) is 20.7 Å². The molecule has 0 saturated carbocycles. The monoisotopic (exact) mass is 410 g/mol. The van der Waals surface area contributed by atoms with Gasteiger partial charge in [0.25, 0.3) is 5.91 Å². The van der Waals surface area contributed by atoms with Crippen LogP contribution in [0.1, 0.15) is 17.0 Å². The van der Waals surface area contributed by atoms with E-state index >= 15 is 0 Å². The molecule has 0 fully saturated rings. The van der Waals surface area contributed by atoms with Crippen molar-refractivity contribution >= 4 is 28.9 Å². The van der Waals surface area contributed by atoms with E-state index in [2.05, 4.69) is 10.3 Å². The lowest BCUT2D eigenvalue weighted by Crippen LogP contribution is -2.21. The maximum Gasteiger partial charge on any atom is 0.306 e. The molecule has 1 amide bonds. The van der Waals surface area contributed by atoms with Crippen molar-refractivity contribution in [2.75, 3.05) is 19.0 Å². The Hall–Kier alpha value is -3.19. The van der Waals surface area contributed by atoms with Crippen LogP contribution in [0.3, 0.4) is 0 Å². The summed E-state index contributed by atoms with van der Waals surface area (Å²) in [5.41, 5.74) is 3.42. The first-order valence-corrected chi connectivity index (χ1v) is 10.0. The second kappa shape index (κ2) is 9.84. The summed E-state index contributed by atoms with van der Waals surface area (Å²) in [7, 11) is 1.60. The number of nitrogens with zero attached hydrogens (tertiary/aromatic N) is 1. The number of methoxy groups -OCH3 is 1. The molecule has 0 atom stereocenters. The third kappa shape index (κ3) is 6.15. The molecule has 1 heterocycles. The van der Waals surface area contributed by atoms with Gasteiger partial charge in [-0.1, -0.05) is 24.3 Å². The third-order valence-electron chi connectivity index (χ3n) is 4.20. The van der Waals surface area contributed by atoms with Gasteiger partial charge in [0.2, 0.25) is 0 Å². The van der Waals surface area contributed by atoms with Gasteiger partial charge in [0.05, 0.1) is 17.8 Å². The van der Waals surface area contributed by atoms with Crippen molar-refractivity contribution in [3.63, 3.8) is 0 Å². The molecule has 1 N–H and O–H groups in total. The average molecular weight is 410 g/mol. The van der Waals surface area contributed by atoms with E-state index < -0.39 is 5.97 Å². The van der Waals surface area contributed by atoms with Crippen LogP contribution in [0.2, 0.25) is 0 Å². The molecule has 3 aromatic rings. The minimum absolute atomic E-state index is 0.207. The van der Waals surface area contributed by atoms with Crippen LogP contribution in [0.25, 0.3) is 11.3 Å². The fourth-order valence-corrected chi connectivity index (χ4v) is 3.33. The van der Waals surface area contributed by atoms with Crippen LogP contribution < -0.4 is 10.1 Å². The molecule has 0 bridgehead atoms. The van der Waals surface area contributed by atoms with Crippen molar-refractivity contribution in [3.8, 4) is 17.0 Å². The van der Waals surface area contributed by atoms with Gasteiger partial charge in [-0.3, -0.25) is 9.59 Å². The minimum Gasteiger partial charge on any atom is -0.497 e. The van der Waals surface area contributed by atoms with Crippen molar-refractivity contribution in [2.24, 2.45) is 0 Å². The molecule has 0 aliphatic heterocycles. The molecule has 150 valence electrons. The number of carbonyl (C=O) groups excluding carboxylic acids is 2. The number of ether oxygens (including phenoxy) is 2. The van der Waals surface area contributed by atoms with E-state index in [1.165, 1.54) is 0 Å². The molecule has 1 aromatic heterocycles. The molecule has 3 rings (SSSR count). The maximum absolute atomic E-state index is 12.1. The molecular weight excluding hydrogens is 388 g/mol. The number of thiazole rings is 1. The first-order valence-electron chi connectivity index (χ1n) is 9.14. The number of anilines is 1. The van der Waals surface area contributed by atoms with E-state index in [1.807, 2.05) is 54.8 Å². The summed E-state index contributed by atoms with van der Waals surface area (Å²) in [5.74, 6) is -0.0287. The molecule has 0 spiro atoms.